The number of nitrogens with zero attached hydrogens (tertiary/aromatic N) is 4. The highest BCUT2D eigenvalue weighted by Gasteiger charge is 2.25. The lowest BCUT2D eigenvalue weighted by molar-refractivity contribution is 0.0625. The van der Waals surface area contributed by atoms with E-state index in [1.807, 2.05) is 47.5 Å². The van der Waals surface area contributed by atoms with Crippen LogP contribution in [0.4, 0.5) is 0 Å². The number of amides is 1. The molecule has 2 aromatic heterocycles. The number of carbonyl (C=O) groups excluding carboxylic acids is 1. The first-order chi connectivity index (χ1) is 13.8. The Morgan fingerprint density at radius 2 is 1.71 bits per heavy atom. The number of pyridine rings is 2. The van der Waals surface area contributed by atoms with Crippen LogP contribution < -0.4 is 4.74 Å². The van der Waals surface area contributed by atoms with Gasteiger partial charge in [-0.25, -0.2) is 4.98 Å². The third-order valence-electron chi connectivity index (χ3n) is 4.75. The largest absolute Gasteiger partial charge is 0.438 e. The van der Waals surface area contributed by atoms with Crippen molar-refractivity contribution in [1.82, 2.24) is 19.8 Å². The minimum Gasteiger partial charge on any atom is -0.438 e. The molecular weight excluding hydrogens is 352 g/mol. The third-order valence-corrected chi connectivity index (χ3v) is 4.75. The van der Waals surface area contributed by atoms with E-state index in [-0.39, 0.29) is 5.91 Å². The smallest absolute Gasteiger partial charge is 0.259 e. The summed E-state index contributed by atoms with van der Waals surface area (Å²) in [6, 6.07) is 17.0. The number of hydrogen-bond acceptors (Lipinski definition) is 5. The standard InChI is InChI=1S/C22H22N4O2/c27-22(20-9-5-11-24-21(20)28-19-7-2-1-3-8-19)26-14-12-25(13-15-26)17-18-6-4-10-23-16-18/h1-11,16H,12-15,17H2. The summed E-state index contributed by atoms with van der Waals surface area (Å²) in [4.78, 5) is 25.7. The molecule has 3 aromatic rings. The molecule has 1 aliphatic rings. The Morgan fingerprint density at radius 1 is 0.929 bits per heavy atom. The number of rotatable bonds is 5. The number of benzene rings is 1. The van der Waals surface area contributed by atoms with Gasteiger partial charge in [0.05, 0.1) is 0 Å². The van der Waals surface area contributed by atoms with Crippen LogP contribution in [0.1, 0.15) is 15.9 Å². The topological polar surface area (TPSA) is 58.6 Å². The molecule has 0 radical (unpaired) electrons. The van der Waals surface area contributed by atoms with E-state index < -0.39 is 0 Å². The van der Waals surface area contributed by atoms with Crippen LogP contribution in [-0.4, -0.2) is 51.9 Å². The van der Waals surface area contributed by atoms with E-state index in [2.05, 4.69) is 20.9 Å². The molecule has 1 amide bonds. The summed E-state index contributed by atoms with van der Waals surface area (Å²) in [5.74, 6) is 0.966. The SMILES string of the molecule is O=C(c1cccnc1Oc1ccccc1)N1CCN(Cc2cccnc2)CC1. The molecule has 0 atom stereocenters. The number of ether oxygens (including phenoxy) is 1. The van der Waals surface area contributed by atoms with E-state index in [0.717, 1.165) is 19.6 Å². The number of carbonyl (C=O) groups is 1. The van der Waals surface area contributed by atoms with Gasteiger partial charge in [0, 0.05) is 51.3 Å². The molecule has 0 spiro atoms. The first-order valence-corrected chi connectivity index (χ1v) is 9.38. The summed E-state index contributed by atoms with van der Waals surface area (Å²) in [5.41, 5.74) is 1.68. The summed E-state index contributed by atoms with van der Waals surface area (Å²) < 4.78 is 5.85. The zero-order valence-corrected chi connectivity index (χ0v) is 15.6. The molecule has 1 aromatic carbocycles. The Labute approximate surface area is 164 Å². The van der Waals surface area contributed by atoms with E-state index >= 15 is 0 Å². The van der Waals surface area contributed by atoms with E-state index in [1.54, 1.807) is 24.5 Å². The predicted octanol–water partition coefficient (Wildman–Crippen LogP) is 3.23. The molecule has 0 aliphatic carbocycles. The fraction of sp³-hybridized carbons (Fsp3) is 0.227. The van der Waals surface area contributed by atoms with Crippen molar-refractivity contribution < 1.29 is 9.53 Å². The molecule has 28 heavy (non-hydrogen) atoms. The summed E-state index contributed by atoms with van der Waals surface area (Å²) in [6.07, 6.45) is 5.31. The normalized spacial score (nSPS) is 14.6. The lowest BCUT2D eigenvalue weighted by Gasteiger charge is -2.34. The molecule has 4 rings (SSSR count). The van der Waals surface area contributed by atoms with Gasteiger partial charge in [-0.1, -0.05) is 24.3 Å². The lowest BCUT2D eigenvalue weighted by Crippen LogP contribution is -2.48. The van der Waals surface area contributed by atoms with Gasteiger partial charge in [-0.15, -0.1) is 0 Å². The van der Waals surface area contributed by atoms with Gasteiger partial charge >= 0.3 is 0 Å². The minimum atomic E-state index is -0.0416. The summed E-state index contributed by atoms with van der Waals surface area (Å²) in [7, 11) is 0. The van der Waals surface area contributed by atoms with E-state index in [1.165, 1.54) is 5.56 Å². The van der Waals surface area contributed by atoms with Gasteiger partial charge in [-0.05, 0) is 35.9 Å². The van der Waals surface area contributed by atoms with Crippen LogP contribution in [0.2, 0.25) is 0 Å². The second-order valence-electron chi connectivity index (χ2n) is 6.70. The van der Waals surface area contributed by atoms with Crippen molar-refractivity contribution in [3.8, 4) is 11.6 Å². The molecule has 0 bridgehead atoms. The zero-order valence-electron chi connectivity index (χ0n) is 15.6. The number of para-hydroxylation sites is 1. The van der Waals surface area contributed by atoms with Crippen LogP contribution >= 0.6 is 0 Å². The zero-order chi connectivity index (χ0) is 19.2. The average molecular weight is 374 g/mol. The highest BCUT2D eigenvalue weighted by atomic mass is 16.5. The first kappa shape index (κ1) is 18.1. The van der Waals surface area contributed by atoms with Gasteiger partial charge < -0.3 is 9.64 Å². The van der Waals surface area contributed by atoms with Crippen molar-refractivity contribution in [2.75, 3.05) is 26.2 Å². The van der Waals surface area contributed by atoms with E-state index in [0.29, 0.717) is 30.3 Å². The highest BCUT2D eigenvalue weighted by molar-refractivity contribution is 5.96. The molecule has 3 heterocycles. The predicted molar refractivity (Wildman–Crippen MR) is 106 cm³/mol. The molecule has 0 unspecified atom stereocenters. The molecule has 0 N–H and O–H groups in total. The number of piperazine rings is 1. The number of aromatic nitrogens is 2. The summed E-state index contributed by atoms with van der Waals surface area (Å²) in [5, 5.41) is 0. The van der Waals surface area contributed by atoms with Gasteiger partial charge in [0.25, 0.3) is 5.91 Å². The third kappa shape index (κ3) is 4.35. The van der Waals surface area contributed by atoms with Crippen molar-refractivity contribution in [3.63, 3.8) is 0 Å². The van der Waals surface area contributed by atoms with E-state index in [9.17, 15) is 4.79 Å². The van der Waals surface area contributed by atoms with Gasteiger partial charge in [-0.3, -0.25) is 14.7 Å². The van der Waals surface area contributed by atoms with Gasteiger partial charge in [0.1, 0.15) is 11.3 Å². The molecule has 1 aliphatic heterocycles. The summed E-state index contributed by atoms with van der Waals surface area (Å²) in [6.45, 7) is 3.87. The van der Waals surface area contributed by atoms with Gasteiger partial charge in [0.2, 0.25) is 5.88 Å². The second-order valence-corrected chi connectivity index (χ2v) is 6.70. The van der Waals surface area contributed by atoms with Crippen LogP contribution in [0.25, 0.3) is 0 Å². The number of hydrogen-bond donors (Lipinski definition) is 0. The fourth-order valence-electron chi connectivity index (χ4n) is 3.26. The molecule has 1 fully saturated rings. The van der Waals surface area contributed by atoms with Crippen LogP contribution in [0, 0.1) is 0 Å². The molecule has 6 nitrogen and oxygen atoms in total. The molecule has 1 saturated heterocycles. The molecule has 142 valence electrons. The van der Waals surface area contributed by atoms with Crippen molar-refractivity contribution >= 4 is 5.91 Å². The van der Waals surface area contributed by atoms with Crippen molar-refractivity contribution in [3.05, 3.63) is 84.3 Å². The second kappa shape index (κ2) is 8.63. The van der Waals surface area contributed by atoms with Crippen molar-refractivity contribution in [2.24, 2.45) is 0 Å². The fourth-order valence-corrected chi connectivity index (χ4v) is 3.26. The Morgan fingerprint density at radius 3 is 2.46 bits per heavy atom. The van der Waals surface area contributed by atoms with Crippen LogP contribution in [0.15, 0.2) is 73.2 Å². The Hall–Kier alpha value is -3.25. The molecule has 6 heteroatoms. The first-order valence-electron chi connectivity index (χ1n) is 9.38. The van der Waals surface area contributed by atoms with Crippen LogP contribution in [0.3, 0.4) is 0 Å². The quantitative estimate of drug-likeness (QED) is 0.686. The van der Waals surface area contributed by atoms with Crippen molar-refractivity contribution in [2.45, 2.75) is 6.54 Å². The Balaban J connectivity index is 1.40. The maximum Gasteiger partial charge on any atom is 0.259 e. The van der Waals surface area contributed by atoms with Gasteiger partial charge in [0.15, 0.2) is 0 Å². The lowest BCUT2D eigenvalue weighted by atomic mass is 10.2. The average Bonchev–Trinajstić information content (AvgIpc) is 2.76. The molecule has 0 saturated carbocycles. The van der Waals surface area contributed by atoms with Gasteiger partial charge in [-0.2, -0.15) is 0 Å². The Bertz CT molecular complexity index is 910. The Kier molecular flexibility index (Phi) is 5.58. The molecular formula is C22H22N4O2. The minimum absolute atomic E-state index is 0.0416. The maximum absolute atomic E-state index is 13.1. The van der Waals surface area contributed by atoms with Crippen LogP contribution in [0.5, 0.6) is 11.6 Å². The monoisotopic (exact) mass is 374 g/mol. The summed E-state index contributed by atoms with van der Waals surface area (Å²) >= 11 is 0. The van der Waals surface area contributed by atoms with Crippen molar-refractivity contribution in [1.29, 1.82) is 0 Å². The van der Waals surface area contributed by atoms with Crippen LogP contribution in [-0.2, 0) is 6.54 Å². The van der Waals surface area contributed by atoms with E-state index in [4.69, 9.17) is 4.74 Å². The maximum atomic E-state index is 13.1. The highest BCUT2D eigenvalue weighted by Crippen LogP contribution is 2.24.